The first-order valence-electron chi connectivity index (χ1n) is 7.13. The molecule has 0 saturated carbocycles. The zero-order valence-corrected chi connectivity index (χ0v) is 12.5. The van der Waals surface area contributed by atoms with Gasteiger partial charge in [0.05, 0.1) is 6.10 Å². The monoisotopic (exact) mass is 248 g/mol. The van der Waals surface area contributed by atoms with E-state index < -0.39 is 0 Å². The van der Waals surface area contributed by atoms with Crippen molar-refractivity contribution < 1.29 is 5.11 Å². The molecule has 0 radical (unpaired) electrons. The van der Waals surface area contributed by atoms with Gasteiger partial charge >= 0.3 is 0 Å². The van der Waals surface area contributed by atoms with Crippen molar-refractivity contribution in [1.29, 1.82) is 0 Å². The second-order valence-electron chi connectivity index (χ2n) is 6.52. The third-order valence-electron chi connectivity index (χ3n) is 3.57. The summed E-state index contributed by atoms with van der Waals surface area (Å²) in [4.78, 5) is 0. The van der Waals surface area contributed by atoms with Gasteiger partial charge in [-0.15, -0.1) is 0 Å². The standard InChI is InChI=1S/C17H28O/c1-6-7-13(2)12-16(18)14-8-10-15(11-9-14)17(3,4)5/h8-11,13,16,18H,6-7,12H2,1-5H3. The fourth-order valence-corrected chi connectivity index (χ4v) is 2.33. The average molecular weight is 248 g/mol. The summed E-state index contributed by atoms with van der Waals surface area (Å²) in [6.45, 7) is 11.0. The quantitative estimate of drug-likeness (QED) is 0.790. The number of aliphatic hydroxyl groups is 1. The van der Waals surface area contributed by atoms with Crippen LogP contribution in [0.15, 0.2) is 24.3 Å². The minimum atomic E-state index is -0.319. The highest BCUT2D eigenvalue weighted by Gasteiger charge is 2.15. The SMILES string of the molecule is CCCC(C)CC(O)c1ccc(C(C)(C)C)cc1. The molecule has 0 aromatic heterocycles. The molecule has 0 amide bonds. The van der Waals surface area contributed by atoms with E-state index in [0.717, 1.165) is 12.0 Å². The van der Waals surface area contributed by atoms with Gasteiger partial charge in [0.2, 0.25) is 0 Å². The van der Waals surface area contributed by atoms with Crippen LogP contribution in [-0.4, -0.2) is 5.11 Å². The molecule has 0 saturated heterocycles. The normalized spacial score (nSPS) is 15.4. The molecule has 0 bridgehead atoms. The molecule has 2 unspecified atom stereocenters. The van der Waals surface area contributed by atoms with Crippen molar-refractivity contribution in [2.75, 3.05) is 0 Å². The van der Waals surface area contributed by atoms with Gasteiger partial charge < -0.3 is 5.11 Å². The summed E-state index contributed by atoms with van der Waals surface area (Å²) in [5, 5.41) is 10.2. The van der Waals surface area contributed by atoms with Crippen molar-refractivity contribution in [3.8, 4) is 0 Å². The van der Waals surface area contributed by atoms with E-state index in [1.165, 1.54) is 18.4 Å². The molecule has 1 N–H and O–H groups in total. The topological polar surface area (TPSA) is 20.2 Å². The van der Waals surface area contributed by atoms with E-state index in [4.69, 9.17) is 0 Å². The fourth-order valence-electron chi connectivity index (χ4n) is 2.33. The second-order valence-corrected chi connectivity index (χ2v) is 6.52. The molecule has 1 aromatic carbocycles. The number of benzene rings is 1. The van der Waals surface area contributed by atoms with Gasteiger partial charge in [0.15, 0.2) is 0 Å². The molecule has 1 aromatic rings. The Hall–Kier alpha value is -0.820. The Bertz CT molecular complexity index is 345. The van der Waals surface area contributed by atoms with Crippen molar-refractivity contribution in [3.63, 3.8) is 0 Å². The predicted molar refractivity (Wildman–Crippen MR) is 78.8 cm³/mol. The zero-order chi connectivity index (χ0) is 13.8. The third-order valence-corrected chi connectivity index (χ3v) is 3.57. The fraction of sp³-hybridized carbons (Fsp3) is 0.647. The van der Waals surface area contributed by atoms with Crippen LogP contribution in [0.3, 0.4) is 0 Å². The Morgan fingerprint density at radius 1 is 1.11 bits per heavy atom. The lowest BCUT2D eigenvalue weighted by Gasteiger charge is -2.21. The van der Waals surface area contributed by atoms with E-state index in [1.54, 1.807) is 0 Å². The van der Waals surface area contributed by atoms with Crippen LogP contribution in [0.1, 0.15) is 71.1 Å². The maximum atomic E-state index is 10.2. The molecule has 0 spiro atoms. The van der Waals surface area contributed by atoms with Crippen LogP contribution in [0, 0.1) is 5.92 Å². The molecule has 0 heterocycles. The number of aliphatic hydroxyl groups excluding tert-OH is 1. The number of rotatable bonds is 5. The van der Waals surface area contributed by atoms with Gasteiger partial charge in [0.1, 0.15) is 0 Å². The summed E-state index contributed by atoms with van der Waals surface area (Å²) in [5.41, 5.74) is 2.55. The van der Waals surface area contributed by atoms with Crippen molar-refractivity contribution in [2.45, 2.75) is 65.4 Å². The van der Waals surface area contributed by atoms with Crippen LogP contribution in [0.4, 0.5) is 0 Å². The Morgan fingerprint density at radius 2 is 1.67 bits per heavy atom. The molecule has 102 valence electrons. The second kappa shape index (κ2) is 6.38. The predicted octanol–water partition coefficient (Wildman–Crippen LogP) is 4.84. The number of hydrogen-bond donors (Lipinski definition) is 1. The highest BCUT2D eigenvalue weighted by Crippen LogP contribution is 2.27. The van der Waals surface area contributed by atoms with Gasteiger partial charge in [0, 0.05) is 0 Å². The first-order chi connectivity index (χ1) is 8.34. The summed E-state index contributed by atoms with van der Waals surface area (Å²) in [6.07, 6.45) is 2.93. The molecular weight excluding hydrogens is 220 g/mol. The largest absolute Gasteiger partial charge is 0.388 e. The molecule has 1 nitrogen and oxygen atoms in total. The maximum Gasteiger partial charge on any atom is 0.0792 e. The van der Waals surface area contributed by atoms with E-state index in [9.17, 15) is 5.11 Å². The van der Waals surface area contributed by atoms with E-state index >= 15 is 0 Å². The smallest absolute Gasteiger partial charge is 0.0792 e. The molecule has 2 atom stereocenters. The van der Waals surface area contributed by atoms with E-state index in [1.807, 2.05) is 0 Å². The van der Waals surface area contributed by atoms with Gasteiger partial charge in [-0.2, -0.15) is 0 Å². The Labute approximate surface area is 112 Å². The van der Waals surface area contributed by atoms with Crippen LogP contribution in [-0.2, 0) is 5.41 Å². The molecule has 1 heteroatoms. The van der Waals surface area contributed by atoms with Gasteiger partial charge in [0.25, 0.3) is 0 Å². The zero-order valence-electron chi connectivity index (χ0n) is 12.5. The summed E-state index contributed by atoms with van der Waals surface area (Å²) < 4.78 is 0. The molecule has 0 aliphatic carbocycles. The summed E-state index contributed by atoms with van der Waals surface area (Å²) in [6, 6.07) is 8.43. The summed E-state index contributed by atoms with van der Waals surface area (Å²) in [7, 11) is 0. The van der Waals surface area contributed by atoms with Crippen LogP contribution >= 0.6 is 0 Å². The third kappa shape index (κ3) is 4.45. The van der Waals surface area contributed by atoms with Crippen LogP contribution in [0.5, 0.6) is 0 Å². The summed E-state index contributed by atoms with van der Waals surface area (Å²) in [5.74, 6) is 0.590. The molecule has 1 rings (SSSR count). The van der Waals surface area contributed by atoms with Crippen molar-refractivity contribution in [3.05, 3.63) is 35.4 Å². The lowest BCUT2D eigenvalue weighted by molar-refractivity contribution is 0.145. The Kier molecular flexibility index (Phi) is 5.40. The van der Waals surface area contributed by atoms with Crippen LogP contribution in [0.2, 0.25) is 0 Å². The lowest BCUT2D eigenvalue weighted by atomic mass is 9.86. The average Bonchev–Trinajstić information content (AvgIpc) is 2.28. The van der Waals surface area contributed by atoms with Gasteiger partial charge in [-0.1, -0.05) is 71.7 Å². The molecule has 18 heavy (non-hydrogen) atoms. The number of hydrogen-bond acceptors (Lipinski definition) is 1. The van der Waals surface area contributed by atoms with Crippen LogP contribution in [0.25, 0.3) is 0 Å². The van der Waals surface area contributed by atoms with Crippen molar-refractivity contribution in [1.82, 2.24) is 0 Å². The van der Waals surface area contributed by atoms with Gasteiger partial charge in [-0.25, -0.2) is 0 Å². The van der Waals surface area contributed by atoms with Gasteiger partial charge in [-0.3, -0.25) is 0 Å². The molecule has 0 aliphatic rings. The molecule has 0 aliphatic heterocycles. The van der Waals surface area contributed by atoms with Crippen LogP contribution < -0.4 is 0 Å². The molecule has 0 fully saturated rings. The van der Waals surface area contributed by atoms with E-state index in [0.29, 0.717) is 5.92 Å². The highest BCUT2D eigenvalue weighted by atomic mass is 16.3. The van der Waals surface area contributed by atoms with Crippen molar-refractivity contribution >= 4 is 0 Å². The Balaban J connectivity index is 2.67. The minimum absolute atomic E-state index is 0.180. The van der Waals surface area contributed by atoms with Gasteiger partial charge in [-0.05, 0) is 28.9 Å². The maximum absolute atomic E-state index is 10.2. The molecular formula is C17H28O. The first kappa shape index (κ1) is 15.2. The van der Waals surface area contributed by atoms with Crippen molar-refractivity contribution in [2.24, 2.45) is 5.92 Å². The highest BCUT2D eigenvalue weighted by molar-refractivity contribution is 5.28. The summed E-state index contributed by atoms with van der Waals surface area (Å²) >= 11 is 0. The lowest BCUT2D eigenvalue weighted by Crippen LogP contribution is -2.11. The first-order valence-corrected chi connectivity index (χ1v) is 7.13. The minimum Gasteiger partial charge on any atom is -0.388 e. The Morgan fingerprint density at radius 3 is 2.11 bits per heavy atom. The van der Waals surface area contributed by atoms with E-state index in [2.05, 4.69) is 58.9 Å². The van der Waals surface area contributed by atoms with E-state index in [-0.39, 0.29) is 11.5 Å².